The first-order chi connectivity index (χ1) is 13.4. The Morgan fingerprint density at radius 3 is 3.04 bits per heavy atom. The molecule has 8 nitrogen and oxygen atoms in total. The second-order valence-electron chi connectivity index (χ2n) is 6.67. The van der Waals surface area contributed by atoms with Crippen LogP contribution in [0.2, 0.25) is 0 Å². The molecule has 0 spiro atoms. The van der Waals surface area contributed by atoms with Gasteiger partial charge in [-0.15, -0.1) is 5.10 Å². The van der Waals surface area contributed by atoms with E-state index in [0.29, 0.717) is 12.4 Å². The maximum Gasteiger partial charge on any atom is 0.200 e. The number of pyridine rings is 2. The van der Waals surface area contributed by atoms with E-state index in [4.69, 9.17) is 14.8 Å². The molecule has 1 atom stereocenters. The second kappa shape index (κ2) is 6.88. The summed E-state index contributed by atoms with van der Waals surface area (Å²) < 4.78 is 7.83. The summed E-state index contributed by atoms with van der Waals surface area (Å²) in [5.41, 5.74) is 3.33. The van der Waals surface area contributed by atoms with E-state index in [0.717, 1.165) is 47.6 Å². The van der Waals surface area contributed by atoms with Gasteiger partial charge in [0.25, 0.3) is 0 Å². The zero-order valence-corrected chi connectivity index (χ0v) is 14.7. The summed E-state index contributed by atoms with van der Waals surface area (Å²) in [4.78, 5) is 13.6. The number of H-pyrrole nitrogens is 1. The summed E-state index contributed by atoms with van der Waals surface area (Å²) >= 11 is 0. The highest BCUT2D eigenvalue weighted by atomic mass is 16.5. The van der Waals surface area contributed by atoms with Crippen molar-refractivity contribution in [2.24, 2.45) is 0 Å². The summed E-state index contributed by atoms with van der Waals surface area (Å²) in [6.07, 6.45) is 8.76. The SMILES string of the molecule is c1ccc(-c2nc(-c3cnc4cn[nH]c4c3)n(CC3CCCCO3)n2)nc1. The van der Waals surface area contributed by atoms with Crippen molar-refractivity contribution in [3.05, 3.63) is 42.9 Å². The first-order valence-corrected chi connectivity index (χ1v) is 9.14. The van der Waals surface area contributed by atoms with E-state index < -0.39 is 0 Å². The van der Waals surface area contributed by atoms with E-state index in [9.17, 15) is 0 Å². The van der Waals surface area contributed by atoms with Crippen LogP contribution in [0.1, 0.15) is 19.3 Å². The molecular weight excluding hydrogens is 342 g/mol. The third-order valence-electron chi connectivity index (χ3n) is 4.76. The van der Waals surface area contributed by atoms with Crippen LogP contribution in [-0.2, 0) is 11.3 Å². The lowest BCUT2D eigenvalue weighted by Crippen LogP contribution is -2.25. The average Bonchev–Trinajstić information content (AvgIpc) is 3.36. The quantitative estimate of drug-likeness (QED) is 0.601. The Balaban J connectivity index is 1.57. The van der Waals surface area contributed by atoms with Gasteiger partial charge >= 0.3 is 0 Å². The van der Waals surface area contributed by atoms with Gasteiger partial charge in [-0.2, -0.15) is 5.10 Å². The number of aromatic nitrogens is 7. The largest absolute Gasteiger partial charge is 0.376 e. The van der Waals surface area contributed by atoms with Gasteiger partial charge in [0.1, 0.15) is 11.2 Å². The normalized spacial score (nSPS) is 17.4. The summed E-state index contributed by atoms with van der Waals surface area (Å²) in [5.74, 6) is 1.36. The summed E-state index contributed by atoms with van der Waals surface area (Å²) in [6.45, 7) is 1.47. The first kappa shape index (κ1) is 16.1. The molecule has 136 valence electrons. The van der Waals surface area contributed by atoms with E-state index in [1.54, 1.807) is 12.4 Å². The summed E-state index contributed by atoms with van der Waals surface area (Å²) in [5, 5.41) is 11.7. The van der Waals surface area contributed by atoms with Crippen molar-refractivity contribution in [2.75, 3.05) is 6.61 Å². The molecule has 5 heterocycles. The van der Waals surface area contributed by atoms with Crippen LogP contribution in [0.4, 0.5) is 0 Å². The highest BCUT2D eigenvalue weighted by molar-refractivity contribution is 5.78. The van der Waals surface area contributed by atoms with Crippen LogP contribution in [0.3, 0.4) is 0 Å². The van der Waals surface area contributed by atoms with E-state index in [1.165, 1.54) is 6.42 Å². The van der Waals surface area contributed by atoms with Crippen molar-refractivity contribution >= 4 is 11.0 Å². The fraction of sp³-hybridized carbons (Fsp3) is 0.316. The van der Waals surface area contributed by atoms with E-state index in [-0.39, 0.29) is 6.10 Å². The fourth-order valence-corrected chi connectivity index (χ4v) is 3.38. The van der Waals surface area contributed by atoms with E-state index in [1.807, 2.05) is 35.1 Å². The number of aromatic amines is 1. The van der Waals surface area contributed by atoms with Gasteiger partial charge in [0.05, 0.1) is 24.4 Å². The van der Waals surface area contributed by atoms with Crippen molar-refractivity contribution in [1.82, 2.24) is 34.9 Å². The molecule has 8 heteroatoms. The van der Waals surface area contributed by atoms with Crippen molar-refractivity contribution in [3.63, 3.8) is 0 Å². The molecule has 4 aromatic heterocycles. The molecule has 0 aliphatic carbocycles. The zero-order chi connectivity index (χ0) is 18.1. The van der Waals surface area contributed by atoms with Gasteiger partial charge < -0.3 is 4.74 Å². The Labute approximate surface area is 155 Å². The maximum absolute atomic E-state index is 5.91. The molecule has 1 aliphatic heterocycles. The Morgan fingerprint density at radius 2 is 2.19 bits per heavy atom. The highest BCUT2D eigenvalue weighted by Crippen LogP contribution is 2.25. The summed E-state index contributed by atoms with van der Waals surface area (Å²) in [7, 11) is 0. The Bertz CT molecular complexity index is 1050. The van der Waals surface area contributed by atoms with Crippen LogP contribution in [0, 0.1) is 0 Å². The van der Waals surface area contributed by atoms with Gasteiger partial charge in [-0.3, -0.25) is 15.1 Å². The van der Waals surface area contributed by atoms with Crippen LogP contribution < -0.4 is 0 Å². The van der Waals surface area contributed by atoms with Gasteiger partial charge in [-0.05, 0) is 37.5 Å². The minimum Gasteiger partial charge on any atom is -0.376 e. The molecule has 0 radical (unpaired) electrons. The molecule has 1 aliphatic rings. The Morgan fingerprint density at radius 1 is 1.19 bits per heavy atom. The minimum atomic E-state index is 0.152. The first-order valence-electron chi connectivity index (χ1n) is 9.14. The molecule has 1 unspecified atom stereocenters. The van der Waals surface area contributed by atoms with Crippen LogP contribution in [-0.4, -0.2) is 47.6 Å². The van der Waals surface area contributed by atoms with Crippen LogP contribution >= 0.6 is 0 Å². The lowest BCUT2D eigenvalue weighted by molar-refractivity contribution is 0.00427. The molecule has 0 bridgehead atoms. The van der Waals surface area contributed by atoms with Gasteiger partial charge in [-0.1, -0.05) is 6.07 Å². The number of hydrogen-bond acceptors (Lipinski definition) is 6. The van der Waals surface area contributed by atoms with Gasteiger partial charge in [0.2, 0.25) is 0 Å². The number of nitrogens with one attached hydrogen (secondary N) is 1. The van der Waals surface area contributed by atoms with Crippen molar-refractivity contribution in [1.29, 1.82) is 0 Å². The van der Waals surface area contributed by atoms with Crippen molar-refractivity contribution in [3.8, 4) is 22.9 Å². The minimum absolute atomic E-state index is 0.152. The molecule has 0 saturated carbocycles. The second-order valence-corrected chi connectivity index (χ2v) is 6.67. The highest BCUT2D eigenvalue weighted by Gasteiger charge is 2.20. The number of nitrogens with zero attached hydrogens (tertiary/aromatic N) is 6. The topological polar surface area (TPSA) is 94.4 Å². The van der Waals surface area contributed by atoms with Crippen LogP contribution in [0.15, 0.2) is 42.9 Å². The van der Waals surface area contributed by atoms with Crippen molar-refractivity contribution < 1.29 is 4.74 Å². The van der Waals surface area contributed by atoms with Gasteiger partial charge in [0, 0.05) is 24.6 Å². The molecule has 1 N–H and O–H groups in total. The standard InChI is InChI=1S/C19H19N7O/c1-3-7-20-15(6-1)18-23-19(13-9-16-17(21-10-13)11-22-24-16)26(25-18)12-14-5-2-4-8-27-14/h1,3,6-7,9-11,14H,2,4-5,8,12H2,(H,22,24). The number of hydrogen-bond donors (Lipinski definition) is 1. The smallest absolute Gasteiger partial charge is 0.200 e. The third-order valence-corrected chi connectivity index (χ3v) is 4.76. The lowest BCUT2D eigenvalue weighted by atomic mass is 10.1. The van der Waals surface area contributed by atoms with Crippen molar-refractivity contribution in [2.45, 2.75) is 31.9 Å². The predicted molar refractivity (Wildman–Crippen MR) is 99.7 cm³/mol. The summed E-state index contributed by atoms with van der Waals surface area (Å²) in [6, 6.07) is 7.73. The number of ether oxygens (including phenoxy) is 1. The van der Waals surface area contributed by atoms with Gasteiger partial charge in [-0.25, -0.2) is 9.67 Å². The number of fused-ring (bicyclic) bond motifs is 1. The molecular formula is C19H19N7O. The predicted octanol–water partition coefficient (Wildman–Crippen LogP) is 2.85. The number of rotatable bonds is 4. The molecule has 1 fully saturated rings. The third kappa shape index (κ3) is 3.19. The monoisotopic (exact) mass is 361 g/mol. The molecule has 0 aromatic carbocycles. The van der Waals surface area contributed by atoms with Crippen LogP contribution in [0.25, 0.3) is 33.9 Å². The Kier molecular flexibility index (Phi) is 4.10. The van der Waals surface area contributed by atoms with E-state index in [2.05, 4.69) is 20.2 Å². The lowest BCUT2D eigenvalue weighted by Gasteiger charge is -2.22. The Hall–Kier alpha value is -3.13. The van der Waals surface area contributed by atoms with E-state index >= 15 is 0 Å². The molecule has 5 rings (SSSR count). The average molecular weight is 361 g/mol. The van der Waals surface area contributed by atoms with Crippen LogP contribution in [0.5, 0.6) is 0 Å². The molecule has 27 heavy (non-hydrogen) atoms. The van der Waals surface area contributed by atoms with Gasteiger partial charge in [0.15, 0.2) is 11.6 Å². The maximum atomic E-state index is 5.91. The fourth-order valence-electron chi connectivity index (χ4n) is 3.38. The molecule has 0 amide bonds. The molecule has 4 aromatic rings. The molecule has 1 saturated heterocycles. The zero-order valence-electron chi connectivity index (χ0n) is 14.7.